The first-order valence-corrected chi connectivity index (χ1v) is 12.4. The van der Waals surface area contributed by atoms with Crippen LogP contribution in [0, 0.1) is 6.92 Å². The minimum absolute atomic E-state index is 0.00615. The van der Waals surface area contributed by atoms with Gasteiger partial charge in [0.15, 0.2) is 6.61 Å². The van der Waals surface area contributed by atoms with Crippen LogP contribution in [0.2, 0.25) is 0 Å². The summed E-state index contributed by atoms with van der Waals surface area (Å²) in [6.45, 7) is 6.06. The summed E-state index contributed by atoms with van der Waals surface area (Å²) < 4.78 is 11.2. The van der Waals surface area contributed by atoms with Crippen LogP contribution in [0.15, 0.2) is 78.9 Å². The van der Waals surface area contributed by atoms with E-state index >= 15 is 0 Å². The van der Waals surface area contributed by atoms with E-state index in [1.807, 2.05) is 99.6 Å². The number of hydrogen-bond donors (Lipinski definition) is 1. The summed E-state index contributed by atoms with van der Waals surface area (Å²) in [5, 5.41) is 3.08. The molecule has 0 radical (unpaired) electrons. The van der Waals surface area contributed by atoms with E-state index in [2.05, 4.69) is 5.32 Å². The third-order valence-corrected chi connectivity index (χ3v) is 6.14. The van der Waals surface area contributed by atoms with Crippen molar-refractivity contribution in [2.75, 3.05) is 13.7 Å². The summed E-state index contributed by atoms with van der Waals surface area (Å²) in [5.74, 6) is 0.858. The summed E-state index contributed by atoms with van der Waals surface area (Å²) in [6, 6.07) is 24.1. The number of carbonyl (C=O) groups is 2. The number of rotatable bonds is 12. The maximum absolute atomic E-state index is 13.6. The molecule has 1 N–H and O–H groups in total. The Morgan fingerprint density at radius 1 is 0.917 bits per heavy atom. The van der Waals surface area contributed by atoms with Crippen molar-refractivity contribution in [3.8, 4) is 11.5 Å². The van der Waals surface area contributed by atoms with Gasteiger partial charge >= 0.3 is 0 Å². The summed E-state index contributed by atoms with van der Waals surface area (Å²) >= 11 is 0. The number of nitrogens with one attached hydrogen (secondary N) is 1. The van der Waals surface area contributed by atoms with Crippen LogP contribution in [-0.2, 0) is 22.6 Å². The van der Waals surface area contributed by atoms with Crippen LogP contribution >= 0.6 is 0 Å². The third kappa shape index (κ3) is 7.87. The molecular formula is C30H36N2O4. The Morgan fingerprint density at radius 2 is 1.61 bits per heavy atom. The van der Waals surface area contributed by atoms with E-state index in [1.165, 1.54) is 0 Å². The van der Waals surface area contributed by atoms with E-state index in [-0.39, 0.29) is 31.0 Å². The number of benzene rings is 3. The number of carbonyl (C=O) groups excluding carboxylic acids is 2. The quantitative estimate of drug-likeness (QED) is 0.392. The third-order valence-electron chi connectivity index (χ3n) is 6.14. The first kappa shape index (κ1) is 26.8. The molecule has 36 heavy (non-hydrogen) atoms. The summed E-state index contributed by atoms with van der Waals surface area (Å²) in [7, 11) is 1.61. The van der Waals surface area contributed by atoms with Gasteiger partial charge in [0.25, 0.3) is 5.91 Å². The number of hydrogen-bond acceptors (Lipinski definition) is 4. The van der Waals surface area contributed by atoms with Gasteiger partial charge in [0.1, 0.15) is 17.5 Å². The molecule has 0 saturated heterocycles. The monoisotopic (exact) mass is 488 g/mol. The van der Waals surface area contributed by atoms with Gasteiger partial charge in [-0.2, -0.15) is 0 Å². The second kappa shape index (κ2) is 13.3. The number of ether oxygens (including phenoxy) is 2. The summed E-state index contributed by atoms with van der Waals surface area (Å²) in [4.78, 5) is 28.8. The molecule has 2 amide bonds. The van der Waals surface area contributed by atoms with E-state index in [1.54, 1.807) is 12.0 Å². The van der Waals surface area contributed by atoms with Crippen LogP contribution in [0.25, 0.3) is 0 Å². The first-order valence-electron chi connectivity index (χ1n) is 12.4. The van der Waals surface area contributed by atoms with Crippen molar-refractivity contribution in [1.29, 1.82) is 0 Å². The Labute approximate surface area is 214 Å². The van der Waals surface area contributed by atoms with E-state index in [9.17, 15) is 9.59 Å². The summed E-state index contributed by atoms with van der Waals surface area (Å²) in [6.07, 6.45) is 1.19. The lowest BCUT2D eigenvalue weighted by Crippen LogP contribution is -2.53. The van der Waals surface area contributed by atoms with Crippen molar-refractivity contribution in [2.45, 2.75) is 52.2 Å². The predicted molar refractivity (Wildman–Crippen MR) is 142 cm³/mol. The second-order valence-corrected chi connectivity index (χ2v) is 9.00. The van der Waals surface area contributed by atoms with Crippen LogP contribution in [0.1, 0.15) is 37.0 Å². The van der Waals surface area contributed by atoms with Gasteiger partial charge in [0.05, 0.1) is 7.11 Å². The van der Waals surface area contributed by atoms with Crippen molar-refractivity contribution in [2.24, 2.45) is 0 Å². The van der Waals surface area contributed by atoms with Crippen LogP contribution in [0.3, 0.4) is 0 Å². The topological polar surface area (TPSA) is 67.9 Å². The minimum Gasteiger partial charge on any atom is -0.497 e. The number of aryl methyl sites for hydroxylation is 1. The standard InChI is InChI=1S/C30H36N2O4/c1-5-23(3)31-30(34)28(19-24-10-7-6-8-11-24)32(20-25-12-9-13-27(18-25)35-4)29(33)21-36-26-16-14-22(2)15-17-26/h6-18,23,28H,5,19-21H2,1-4H3,(H,31,34)/t23-,28-/m1/s1. The molecule has 0 aliphatic heterocycles. The zero-order chi connectivity index (χ0) is 25.9. The average molecular weight is 489 g/mol. The van der Waals surface area contributed by atoms with Gasteiger partial charge in [-0.3, -0.25) is 9.59 Å². The second-order valence-electron chi connectivity index (χ2n) is 9.00. The molecule has 3 aromatic carbocycles. The molecule has 2 atom stereocenters. The normalized spacial score (nSPS) is 12.3. The highest BCUT2D eigenvalue weighted by molar-refractivity contribution is 5.88. The molecule has 0 fully saturated rings. The fourth-order valence-corrected chi connectivity index (χ4v) is 3.83. The zero-order valence-corrected chi connectivity index (χ0v) is 21.6. The van der Waals surface area contributed by atoms with Crippen LogP contribution in [0.4, 0.5) is 0 Å². The Bertz CT molecular complexity index is 1120. The van der Waals surface area contributed by atoms with Gasteiger partial charge in [-0.15, -0.1) is 0 Å². The fraction of sp³-hybridized carbons (Fsp3) is 0.333. The first-order chi connectivity index (χ1) is 17.4. The minimum atomic E-state index is -0.707. The molecule has 0 aliphatic rings. The largest absolute Gasteiger partial charge is 0.497 e. The van der Waals surface area contributed by atoms with Crippen LogP contribution in [0.5, 0.6) is 11.5 Å². The lowest BCUT2D eigenvalue weighted by Gasteiger charge is -2.32. The smallest absolute Gasteiger partial charge is 0.261 e. The molecule has 0 heterocycles. The fourth-order valence-electron chi connectivity index (χ4n) is 3.83. The Hall–Kier alpha value is -3.80. The average Bonchev–Trinajstić information content (AvgIpc) is 2.90. The molecule has 0 bridgehead atoms. The molecule has 3 aromatic rings. The molecule has 0 saturated carbocycles. The highest BCUT2D eigenvalue weighted by Crippen LogP contribution is 2.19. The Morgan fingerprint density at radius 3 is 2.28 bits per heavy atom. The van der Waals surface area contributed by atoms with E-state index < -0.39 is 6.04 Å². The number of nitrogens with zero attached hydrogens (tertiary/aromatic N) is 1. The van der Waals surface area contributed by atoms with Crippen molar-refractivity contribution >= 4 is 11.8 Å². The van der Waals surface area contributed by atoms with E-state index in [0.29, 0.717) is 17.9 Å². The van der Waals surface area contributed by atoms with E-state index in [4.69, 9.17) is 9.47 Å². The van der Waals surface area contributed by atoms with Gasteiger partial charge < -0.3 is 19.7 Å². The molecular weight excluding hydrogens is 452 g/mol. The van der Waals surface area contributed by atoms with Crippen molar-refractivity contribution in [3.05, 3.63) is 95.6 Å². The van der Waals surface area contributed by atoms with Crippen LogP contribution < -0.4 is 14.8 Å². The zero-order valence-electron chi connectivity index (χ0n) is 21.6. The van der Waals surface area contributed by atoms with Gasteiger partial charge in [-0.1, -0.05) is 67.1 Å². The molecule has 0 aliphatic carbocycles. The summed E-state index contributed by atoms with van der Waals surface area (Å²) in [5.41, 5.74) is 2.95. The van der Waals surface area contributed by atoms with Crippen molar-refractivity contribution < 1.29 is 19.1 Å². The molecule has 0 unspecified atom stereocenters. The number of methoxy groups -OCH3 is 1. The maximum Gasteiger partial charge on any atom is 0.261 e. The molecule has 6 nitrogen and oxygen atoms in total. The van der Waals surface area contributed by atoms with Crippen molar-refractivity contribution in [1.82, 2.24) is 10.2 Å². The molecule has 3 rings (SSSR count). The van der Waals surface area contributed by atoms with Crippen molar-refractivity contribution in [3.63, 3.8) is 0 Å². The molecule has 190 valence electrons. The van der Waals surface area contributed by atoms with Crippen LogP contribution in [-0.4, -0.2) is 42.5 Å². The van der Waals surface area contributed by atoms with Gasteiger partial charge in [0.2, 0.25) is 5.91 Å². The lowest BCUT2D eigenvalue weighted by atomic mass is 10.0. The molecule has 0 aromatic heterocycles. The highest BCUT2D eigenvalue weighted by Gasteiger charge is 2.31. The number of amides is 2. The van der Waals surface area contributed by atoms with Gasteiger partial charge in [-0.25, -0.2) is 0 Å². The van der Waals surface area contributed by atoms with Gasteiger partial charge in [-0.05, 0) is 55.7 Å². The van der Waals surface area contributed by atoms with Gasteiger partial charge in [0, 0.05) is 19.0 Å². The molecule has 6 heteroatoms. The Kier molecular flexibility index (Phi) is 9.92. The SMILES string of the molecule is CC[C@@H](C)NC(=O)[C@@H](Cc1ccccc1)N(Cc1cccc(OC)c1)C(=O)COc1ccc(C)cc1. The Balaban J connectivity index is 1.92. The highest BCUT2D eigenvalue weighted by atomic mass is 16.5. The lowest BCUT2D eigenvalue weighted by molar-refractivity contribution is -0.143. The predicted octanol–water partition coefficient (Wildman–Crippen LogP) is 4.94. The van der Waals surface area contributed by atoms with E-state index in [0.717, 1.165) is 23.1 Å². The maximum atomic E-state index is 13.6. The molecule has 0 spiro atoms.